The Kier molecular flexibility index (Phi) is 5.60. The van der Waals surface area contributed by atoms with Gasteiger partial charge in [-0.1, -0.05) is 0 Å². The first-order chi connectivity index (χ1) is 16.8. The number of piperidine rings is 1. The molecule has 1 atom stereocenters. The molecule has 3 aromatic heterocycles. The minimum atomic E-state index is -0.159. The fraction of sp³-hybridized carbons (Fsp3) is 0.480. The molecular formula is C25H30N8O. The van der Waals surface area contributed by atoms with Crippen LogP contribution >= 0.6 is 0 Å². The molecule has 9 nitrogen and oxygen atoms in total. The second-order valence-electron chi connectivity index (χ2n) is 9.42. The first-order valence-electron chi connectivity index (χ1n) is 12.4. The third-order valence-electron chi connectivity index (χ3n) is 7.18. The summed E-state index contributed by atoms with van der Waals surface area (Å²) < 4.78 is 0. The number of aryl methyl sites for hydroxylation is 1. The van der Waals surface area contributed by atoms with Gasteiger partial charge in [-0.3, -0.25) is 14.9 Å². The van der Waals surface area contributed by atoms with Gasteiger partial charge >= 0.3 is 0 Å². The van der Waals surface area contributed by atoms with Crippen LogP contribution in [-0.2, 0) is 17.6 Å². The molecule has 0 radical (unpaired) electrons. The fourth-order valence-electron chi connectivity index (χ4n) is 5.42. The molecule has 2 N–H and O–H groups in total. The van der Waals surface area contributed by atoms with Gasteiger partial charge in [-0.15, -0.1) is 0 Å². The lowest BCUT2D eigenvalue weighted by molar-refractivity contribution is -0.133. The zero-order valence-corrected chi connectivity index (χ0v) is 19.3. The molecule has 2 aliphatic heterocycles. The van der Waals surface area contributed by atoms with Gasteiger partial charge in [-0.05, 0) is 63.5 Å². The summed E-state index contributed by atoms with van der Waals surface area (Å²) in [7, 11) is 0. The van der Waals surface area contributed by atoms with Gasteiger partial charge in [0, 0.05) is 49.2 Å². The molecule has 6 rings (SSSR count). The molecule has 0 bridgehead atoms. The molecule has 9 heteroatoms. The SMILES string of the molecule is O=C([C@H]1CCCN1c1nc2c(c(Nc3cc(-c4cccnc4)[nH]n3)n1)CCC2)N1CCCCC1. The highest BCUT2D eigenvalue weighted by atomic mass is 16.2. The topological polar surface area (TPSA) is 103 Å². The van der Waals surface area contributed by atoms with Crippen LogP contribution in [0.1, 0.15) is 49.8 Å². The predicted molar refractivity (Wildman–Crippen MR) is 130 cm³/mol. The number of pyridine rings is 1. The normalized spacial score (nSPS) is 19.9. The van der Waals surface area contributed by atoms with Crippen LogP contribution in [0.4, 0.5) is 17.6 Å². The number of aromatic nitrogens is 5. The van der Waals surface area contributed by atoms with Crippen LogP contribution in [-0.4, -0.2) is 61.6 Å². The number of nitrogens with zero attached hydrogens (tertiary/aromatic N) is 6. The highest BCUT2D eigenvalue weighted by Gasteiger charge is 2.36. The average molecular weight is 459 g/mol. The summed E-state index contributed by atoms with van der Waals surface area (Å²) in [6, 6.07) is 5.72. The van der Waals surface area contributed by atoms with E-state index in [4.69, 9.17) is 9.97 Å². The van der Waals surface area contributed by atoms with E-state index in [0.29, 0.717) is 11.8 Å². The summed E-state index contributed by atoms with van der Waals surface area (Å²) in [5.41, 5.74) is 4.13. The fourth-order valence-corrected chi connectivity index (χ4v) is 5.42. The van der Waals surface area contributed by atoms with Crippen molar-refractivity contribution in [3.05, 3.63) is 41.9 Å². The number of anilines is 3. The van der Waals surface area contributed by atoms with Crippen molar-refractivity contribution in [1.29, 1.82) is 0 Å². The molecule has 0 saturated carbocycles. The zero-order valence-electron chi connectivity index (χ0n) is 19.3. The van der Waals surface area contributed by atoms with Crippen LogP contribution in [0.15, 0.2) is 30.6 Å². The number of nitrogens with one attached hydrogen (secondary N) is 2. The molecule has 1 amide bonds. The maximum Gasteiger partial charge on any atom is 0.245 e. The van der Waals surface area contributed by atoms with E-state index in [1.807, 2.05) is 29.3 Å². The van der Waals surface area contributed by atoms with Gasteiger partial charge in [-0.2, -0.15) is 10.1 Å². The second-order valence-corrected chi connectivity index (χ2v) is 9.42. The lowest BCUT2D eigenvalue weighted by Gasteiger charge is -2.32. The summed E-state index contributed by atoms with van der Waals surface area (Å²) in [5, 5.41) is 11.0. The van der Waals surface area contributed by atoms with Crippen LogP contribution in [0, 0.1) is 0 Å². The Hall–Kier alpha value is -3.49. The van der Waals surface area contributed by atoms with E-state index in [0.717, 1.165) is 92.9 Å². The smallest absolute Gasteiger partial charge is 0.245 e. The number of likely N-dealkylation sites (tertiary alicyclic amines) is 1. The number of H-pyrrole nitrogens is 1. The van der Waals surface area contributed by atoms with Crippen LogP contribution in [0.5, 0.6) is 0 Å². The van der Waals surface area contributed by atoms with Crippen molar-refractivity contribution < 1.29 is 4.79 Å². The van der Waals surface area contributed by atoms with Crippen LogP contribution in [0.2, 0.25) is 0 Å². The number of carbonyl (C=O) groups is 1. The van der Waals surface area contributed by atoms with Gasteiger partial charge in [0.15, 0.2) is 5.82 Å². The van der Waals surface area contributed by atoms with Gasteiger partial charge in [0.05, 0.1) is 11.4 Å². The van der Waals surface area contributed by atoms with Crippen molar-refractivity contribution in [2.75, 3.05) is 29.9 Å². The van der Waals surface area contributed by atoms with Gasteiger partial charge in [0.1, 0.15) is 11.9 Å². The molecule has 0 spiro atoms. The van der Waals surface area contributed by atoms with Gasteiger partial charge < -0.3 is 15.1 Å². The van der Waals surface area contributed by atoms with Crippen molar-refractivity contribution in [2.24, 2.45) is 0 Å². The van der Waals surface area contributed by atoms with Crippen LogP contribution in [0.3, 0.4) is 0 Å². The lowest BCUT2D eigenvalue weighted by atomic mass is 10.1. The van der Waals surface area contributed by atoms with Crippen LogP contribution < -0.4 is 10.2 Å². The minimum absolute atomic E-state index is 0.159. The standard InChI is InChI=1S/C25H30N8O/c34-24(32-12-2-1-3-13-32)21-10-6-14-33(21)25-27-19-9-4-8-18(19)23(29-25)28-22-15-20(30-31-22)17-7-5-11-26-16-17/h5,7,11,15-16,21H,1-4,6,8-10,12-14H2,(H2,27,28,29,30,31)/t21-/m1/s1. The van der Waals surface area contributed by atoms with E-state index in [2.05, 4.69) is 25.4 Å². The van der Waals surface area contributed by atoms with E-state index in [-0.39, 0.29) is 11.9 Å². The maximum atomic E-state index is 13.3. The quantitative estimate of drug-likeness (QED) is 0.603. The maximum absolute atomic E-state index is 13.3. The number of rotatable bonds is 5. The summed E-state index contributed by atoms with van der Waals surface area (Å²) in [6.07, 6.45) is 11.8. The molecule has 0 unspecified atom stereocenters. The molecule has 2 saturated heterocycles. The molecular weight excluding hydrogens is 428 g/mol. The van der Waals surface area contributed by atoms with E-state index in [1.54, 1.807) is 6.20 Å². The molecule has 2 fully saturated rings. The Morgan fingerprint density at radius 3 is 2.82 bits per heavy atom. The van der Waals surface area contributed by atoms with Gasteiger partial charge in [0.25, 0.3) is 0 Å². The lowest BCUT2D eigenvalue weighted by Crippen LogP contribution is -2.48. The number of hydrogen-bond acceptors (Lipinski definition) is 7. The summed E-state index contributed by atoms with van der Waals surface area (Å²) >= 11 is 0. The largest absolute Gasteiger partial charge is 0.341 e. The molecule has 3 aliphatic rings. The highest BCUT2D eigenvalue weighted by Crippen LogP contribution is 2.33. The van der Waals surface area contributed by atoms with Gasteiger partial charge in [0.2, 0.25) is 11.9 Å². The first kappa shape index (κ1) is 21.1. The number of carbonyl (C=O) groups excluding carboxylic acids is 1. The van der Waals surface area contributed by atoms with Crippen molar-refractivity contribution in [1.82, 2.24) is 30.0 Å². The predicted octanol–water partition coefficient (Wildman–Crippen LogP) is 3.48. The molecule has 176 valence electrons. The van der Waals surface area contributed by atoms with Crippen molar-refractivity contribution in [3.63, 3.8) is 0 Å². The number of amides is 1. The number of hydrogen-bond donors (Lipinski definition) is 2. The third-order valence-corrected chi connectivity index (χ3v) is 7.18. The minimum Gasteiger partial charge on any atom is -0.341 e. The van der Waals surface area contributed by atoms with Crippen molar-refractivity contribution in [3.8, 4) is 11.3 Å². The Morgan fingerprint density at radius 1 is 1.06 bits per heavy atom. The molecule has 0 aromatic carbocycles. The molecule has 34 heavy (non-hydrogen) atoms. The third kappa shape index (κ3) is 3.99. The molecule has 3 aromatic rings. The Morgan fingerprint density at radius 2 is 1.97 bits per heavy atom. The van der Waals surface area contributed by atoms with Crippen molar-refractivity contribution >= 4 is 23.5 Å². The first-order valence-corrected chi connectivity index (χ1v) is 12.4. The zero-order chi connectivity index (χ0) is 22.9. The average Bonchev–Trinajstić information content (AvgIpc) is 3.65. The summed E-state index contributed by atoms with van der Waals surface area (Å²) in [6.45, 7) is 2.56. The monoisotopic (exact) mass is 458 g/mol. The Balaban J connectivity index is 1.27. The number of fused-ring (bicyclic) bond motifs is 1. The summed E-state index contributed by atoms with van der Waals surface area (Å²) in [4.78, 5) is 31.6. The number of aromatic amines is 1. The van der Waals surface area contributed by atoms with Gasteiger partial charge in [-0.25, -0.2) is 4.98 Å². The Bertz CT molecular complexity index is 1170. The molecule has 1 aliphatic carbocycles. The van der Waals surface area contributed by atoms with E-state index >= 15 is 0 Å². The van der Waals surface area contributed by atoms with E-state index in [1.165, 1.54) is 6.42 Å². The van der Waals surface area contributed by atoms with Crippen molar-refractivity contribution in [2.45, 2.75) is 57.4 Å². The summed E-state index contributed by atoms with van der Waals surface area (Å²) in [5.74, 6) is 2.42. The second kappa shape index (κ2) is 9.04. The van der Waals surface area contributed by atoms with E-state index in [9.17, 15) is 4.79 Å². The van der Waals surface area contributed by atoms with Crippen LogP contribution in [0.25, 0.3) is 11.3 Å². The Labute approximate surface area is 199 Å². The highest BCUT2D eigenvalue weighted by molar-refractivity contribution is 5.85. The molecule has 5 heterocycles. The van der Waals surface area contributed by atoms with E-state index < -0.39 is 0 Å².